The lowest BCUT2D eigenvalue weighted by Gasteiger charge is -2.05. The Kier molecular flexibility index (Phi) is 5.27. The van der Waals surface area contributed by atoms with E-state index in [4.69, 9.17) is 4.42 Å². The van der Waals surface area contributed by atoms with Crippen molar-refractivity contribution in [3.63, 3.8) is 0 Å². The van der Waals surface area contributed by atoms with Crippen LogP contribution in [0.15, 0.2) is 28.7 Å². The van der Waals surface area contributed by atoms with Crippen molar-refractivity contribution in [2.45, 2.75) is 47.0 Å². The highest BCUT2D eigenvalue weighted by molar-refractivity contribution is 5.54. The molecule has 1 heteroatoms. The summed E-state index contributed by atoms with van der Waals surface area (Å²) in [6, 6.07) is 2.07. The molecule has 0 aliphatic heterocycles. The third kappa shape index (κ3) is 4.64. The summed E-state index contributed by atoms with van der Waals surface area (Å²) in [6.45, 7) is 12.5. The molecule has 1 aromatic heterocycles. The SMILES string of the molecule is C=C/C(=C\c1oc(C)cc1C)CCCC(C)C. The Balaban J connectivity index is 2.66. The molecule has 17 heavy (non-hydrogen) atoms. The Hall–Kier alpha value is -1.24. The molecule has 0 saturated carbocycles. The fourth-order valence-electron chi connectivity index (χ4n) is 1.92. The van der Waals surface area contributed by atoms with E-state index >= 15 is 0 Å². The van der Waals surface area contributed by atoms with Crippen LogP contribution in [-0.2, 0) is 0 Å². The van der Waals surface area contributed by atoms with Gasteiger partial charge in [-0.15, -0.1) is 0 Å². The first kappa shape index (κ1) is 13.8. The highest BCUT2D eigenvalue weighted by Crippen LogP contribution is 2.20. The van der Waals surface area contributed by atoms with Gasteiger partial charge in [-0.1, -0.05) is 32.9 Å². The van der Waals surface area contributed by atoms with Crippen LogP contribution in [0.3, 0.4) is 0 Å². The van der Waals surface area contributed by atoms with Crippen molar-refractivity contribution in [1.29, 1.82) is 0 Å². The normalized spacial score (nSPS) is 12.2. The molecule has 1 heterocycles. The Labute approximate surface area is 105 Å². The van der Waals surface area contributed by atoms with Gasteiger partial charge in [0.25, 0.3) is 0 Å². The maximum absolute atomic E-state index is 5.65. The molecule has 0 fully saturated rings. The molecule has 0 spiro atoms. The standard InChI is InChI=1S/C16H24O/c1-6-15(9-7-8-12(2)3)11-16-13(4)10-14(5)17-16/h6,10-12H,1,7-9H2,2-5H3/b15-11+. The van der Waals surface area contributed by atoms with Crippen LogP contribution in [0.5, 0.6) is 0 Å². The van der Waals surface area contributed by atoms with Crippen molar-refractivity contribution >= 4 is 6.08 Å². The molecule has 0 bridgehead atoms. The third-order valence-electron chi connectivity index (χ3n) is 2.90. The summed E-state index contributed by atoms with van der Waals surface area (Å²) in [6.07, 6.45) is 7.63. The van der Waals surface area contributed by atoms with Crippen LogP contribution >= 0.6 is 0 Å². The Morgan fingerprint density at radius 1 is 1.41 bits per heavy atom. The van der Waals surface area contributed by atoms with E-state index in [1.54, 1.807) is 0 Å². The molecule has 1 aromatic rings. The third-order valence-corrected chi connectivity index (χ3v) is 2.90. The molecule has 94 valence electrons. The van der Waals surface area contributed by atoms with Gasteiger partial charge in [-0.25, -0.2) is 0 Å². The van der Waals surface area contributed by atoms with Gasteiger partial charge in [-0.3, -0.25) is 0 Å². The van der Waals surface area contributed by atoms with E-state index in [0.717, 1.165) is 23.9 Å². The highest BCUT2D eigenvalue weighted by atomic mass is 16.3. The molecule has 0 aromatic carbocycles. The quantitative estimate of drug-likeness (QED) is 0.607. The average molecular weight is 232 g/mol. The predicted octanol–water partition coefficient (Wildman–Crippen LogP) is 5.29. The number of hydrogen-bond acceptors (Lipinski definition) is 1. The smallest absolute Gasteiger partial charge is 0.130 e. The first-order valence-corrected chi connectivity index (χ1v) is 6.43. The van der Waals surface area contributed by atoms with Crippen molar-refractivity contribution in [3.8, 4) is 0 Å². The molecule has 0 saturated heterocycles. The molecule has 0 amide bonds. The second kappa shape index (κ2) is 6.48. The van der Waals surface area contributed by atoms with E-state index in [9.17, 15) is 0 Å². The zero-order valence-corrected chi connectivity index (χ0v) is 11.5. The summed E-state index contributed by atoms with van der Waals surface area (Å²) in [7, 11) is 0. The van der Waals surface area contributed by atoms with Gasteiger partial charge in [0, 0.05) is 0 Å². The summed E-state index contributed by atoms with van der Waals surface area (Å²) in [5, 5.41) is 0. The van der Waals surface area contributed by atoms with Crippen molar-refractivity contribution < 1.29 is 4.42 Å². The van der Waals surface area contributed by atoms with Gasteiger partial charge in [0.15, 0.2) is 0 Å². The minimum atomic E-state index is 0.772. The number of allylic oxidation sites excluding steroid dienone is 2. The summed E-state index contributed by atoms with van der Waals surface area (Å²) < 4.78 is 5.65. The van der Waals surface area contributed by atoms with E-state index in [1.165, 1.54) is 24.0 Å². The molecule has 0 aliphatic carbocycles. The fraction of sp³-hybridized carbons (Fsp3) is 0.500. The summed E-state index contributed by atoms with van der Waals surface area (Å²) >= 11 is 0. The van der Waals surface area contributed by atoms with Crippen molar-refractivity contribution in [2.24, 2.45) is 5.92 Å². The Bertz CT molecular complexity index is 394. The lowest BCUT2D eigenvalue weighted by molar-refractivity contribution is 0.522. The fourth-order valence-corrected chi connectivity index (χ4v) is 1.92. The average Bonchev–Trinajstić information content (AvgIpc) is 2.55. The van der Waals surface area contributed by atoms with Crippen LogP contribution in [-0.4, -0.2) is 0 Å². The van der Waals surface area contributed by atoms with E-state index in [0.29, 0.717) is 0 Å². The van der Waals surface area contributed by atoms with Gasteiger partial charge in [0.1, 0.15) is 11.5 Å². The van der Waals surface area contributed by atoms with Gasteiger partial charge < -0.3 is 4.42 Å². The Morgan fingerprint density at radius 3 is 2.59 bits per heavy atom. The molecule has 0 radical (unpaired) electrons. The predicted molar refractivity (Wildman–Crippen MR) is 75.0 cm³/mol. The second-order valence-corrected chi connectivity index (χ2v) is 5.11. The maximum atomic E-state index is 5.65. The van der Waals surface area contributed by atoms with Crippen molar-refractivity contribution in [2.75, 3.05) is 0 Å². The van der Waals surface area contributed by atoms with E-state index in [-0.39, 0.29) is 0 Å². The molecule has 0 unspecified atom stereocenters. The number of furan rings is 1. The Morgan fingerprint density at radius 2 is 2.12 bits per heavy atom. The van der Waals surface area contributed by atoms with Crippen LogP contribution in [0.4, 0.5) is 0 Å². The van der Waals surface area contributed by atoms with Crippen LogP contribution in [0, 0.1) is 19.8 Å². The van der Waals surface area contributed by atoms with Crippen LogP contribution in [0.2, 0.25) is 0 Å². The zero-order valence-electron chi connectivity index (χ0n) is 11.5. The molecule has 1 nitrogen and oxygen atoms in total. The topological polar surface area (TPSA) is 13.1 Å². The first-order valence-electron chi connectivity index (χ1n) is 6.43. The molecule has 0 aliphatic rings. The monoisotopic (exact) mass is 232 g/mol. The minimum Gasteiger partial charge on any atom is -0.462 e. The lowest BCUT2D eigenvalue weighted by Crippen LogP contribution is -1.88. The van der Waals surface area contributed by atoms with E-state index in [2.05, 4.69) is 39.5 Å². The van der Waals surface area contributed by atoms with E-state index in [1.807, 2.05) is 13.0 Å². The van der Waals surface area contributed by atoms with Crippen molar-refractivity contribution in [1.82, 2.24) is 0 Å². The largest absolute Gasteiger partial charge is 0.462 e. The summed E-state index contributed by atoms with van der Waals surface area (Å²) in [4.78, 5) is 0. The first-order chi connectivity index (χ1) is 8.02. The molecule has 1 rings (SSSR count). The summed E-state index contributed by atoms with van der Waals surface area (Å²) in [5.74, 6) is 2.72. The number of aryl methyl sites for hydroxylation is 2. The summed E-state index contributed by atoms with van der Waals surface area (Å²) in [5.41, 5.74) is 2.47. The zero-order chi connectivity index (χ0) is 12.8. The van der Waals surface area contributed by atoms with Gasteiger partial charge in [0.2, 0.25) is 0 Å². The molecule has 0 atom stereocenters. The molecular formula is C16H24O. The van der Waals surface area contributed by atoms with Gasteiger partial charge in [-0.05, 0) is 55.9 Å². The van der Waals surface area contributed by atoms with Gasteiger partial charge in [0.05, 0.1) is 0 Å². The van der Waals surface area contributed by atoms with E-state index < -0.39 is 0 Å². The maximum Gasteiger partial charge on any atom is 0.130 e. The van der Waals surface area contributed by atoms with Crippen molar-refractivity contribution in [3.05, 3.63) is 41.4 Å². The molecule has 0 N–H and O–H groups in total. The second-order valence-electron chi connectivity index (χ2n) is 5.11. The van der Waals surface area contributed by atoms with Crippen LogP contribution in [0.25, 0.3) is 6.08 Å². The number of hydrogen-bond donors (Lipinski definition) is 0. The molecular weight excluding hydrogens is 208 g/mol. The van der Waals surface area contributed by atoms with Gasteiger partial charge in [-0.2, -0.15) is 0 Å². The van der Waals surface area contributed by atoms with Crippen LogP contribution in [0.1, 0.15) is 50.2 Å². The number of rotatable bonds is 6. The minimum absolute atomic E-state index is 0.772. The highest BCUT2D eigenvalue weighted by Gasteiger charge is 2.03. The lowest BCUT2D eigenvalue weighted by atomic mass is 10.0. The van der Waals surface area contributed by atoms with Crippen LogP contribution < -0.4 is 0 Å². The van der Waals surface area contributed by atoms with Gasteiger partial charge >= 0.3 is 0 Å².